The maximum Gasteiger partial charge on any atom is 0.417 e. The van der Waals surface area contributed by atoms with E-state index in [0.29, 0.717) is 5.52 Å². The highest BCUT2D eigenvalue weighted by atomic mass is 32.2. The number of nitrogens with one attached hydrogen (secondary N) is 3. The Morgan fingerprint density at radius 1 is 1.07 bits per heavy atom. The summed E-state index contributed by atoms with van der Waals surface area (Å²) in [6.45, 7) is 0. The van der Waals surface area contributed by atoms with Crippen LogP contribution in [0.15, 0.2) is 74.9 Å². The molecule has 11 heteroatoms. The Bertz CT molecular complexity index is 1410. The van der Waals surface area contributed by atoms with Gasteiger partial charge in [0, 0.05) is 18.3 Å². The number of nitrogens with zero attached hydrogens (tertiary/aromatic N) is 1. The molecule has 0 unspecified atom stereocenters. The van der Waals surface area contributed by atoms with E-state index >= 15 is 0 Å². The van der Waals surface area contributed by atoms with Gasteiger partial charge in [-0.1, -0.05) is 6.07 Å². The van der Waals surface area contributed by atoms with Crippen LogP contribution in [0.2, 0.25) is 0 Å². The molecule has 0 radical (unpaired) electrons. The predicted molar refractivity (Wildman–Crippen MR) is 106 cm³/mol. The van der Waals surface area contributed by atoms with Gasteiger partial charge in [0.1, 0.15) is 11.5 Å². The number of rotatable bonds is 5. The van der Waals surface area contributed by atoms with Crippen LogP contribution in [-0.4, -0.2) is 24.3 Å². The molecule has 4 rings (SSSR count). The number of hydrogen-bond acceptors (Lipinski definition) is 6. The molecule has 30 heavy (non-hydrogen) atoms. The number of sulfonamides is 1. The van der Waals surface area contributed by atoms with Gasteiger partial charge in [-0.3, -0.25) is 19.5 Å². The molecule has 9 nitrogen and oxygen atoms in total. The highest BCUT2D eigenvalue weighted by Crippen LogP contribution is 2.27. The van der Waals surface area contributed by atoms with Crippen LogP contribution in [0.3, 0.4) is 0 Å². The minimum atomic E-state index is -4.19. The lowest BCUT2D eigenvalue weighted by molar-refractivity contribution is 0.102. The number of carbonyl (C=O) groups is 1. The van der Waals surface area contributed by atoms with Crippen LogP contribution >= 0.6 is 0 Å². The van der Waals surface area contributed by atoms with Crippen molar-refractivity contribution in [1.82, 2.24) is 9.97 Å². The number of fused-ring (bicyclic) bond motifs is 1. The standard InChI is InChI=1S/C19H13FN4O5S/c20-11-4-6-13(22-18(25)15-3-1-2-8-21-15)16(9-11)24-30(27,28)12-5-7-14-17(10-12)29-19(26)23-14/h1-10,24H,(H,22,25)(H,23,26). The Hall–Kier alpha value is -3.99. The summed E-state index contributed by atoms with van der Waals surface area (Å²) in [6, 6.07) is 11.7. The largest absolute Gasteiger partial charge is 0.417 e. The normalized spacial score (nSPS) is 11.4. The van der Waals surface area contributed by atoms with Gasteiger partial charge in [-0.25, -0.2) is 17.6 Å². The number of hydrogen-bond donors (Lipinski definition) is 3. The lowest BCUT2D eigenvalue weighted by atomic mass is 10.2. The minimum absolute atomic E-state index is 0.0323. The molecule has 0 atom stereocenters. The highest BCUT2D eigenvalue weighted by Gasteiger charge is 2.19. The van der Waals surface area contributed by atoms with Crippen molar-refractivity contribution >= 4 is 38.4 Å². The Kier molecular flexibility index (Phi) is 4.80. The Morgan fingerprint density at radius 3 is 2.67 bits per heavy atom. The zero-order valence-corrected chi connectivity index (χ0v) is 15.9. The summed E-state index contributed by atoms with van der Waals surface area (Å²) in [7, 11) is -4.19. The van der Waals surface area contributed by atoms with Gasteiger partial charge in [-0.05, 0) is 36.4 Å². The van der Waals surface area contributed by atoms with E-state index in [1.165, 1.54) is 30.5 Å². The molecule has 3 N–H and O–H groups in total. The zero-order valence-electron chi connectivity index (χ0n) is 15.0. The number of aromatic nitrogens is 2. The molecule has 0 bridgehead atoms. The number of anilines is 2. The van der Waals surface area contributed by atoms with Gasteiger partial charge in [0.05, 0.1) is 21.8 Å². The lowest BCUT2D eigenvalue weighted by Crippen LogP contribution is -2.18. The van der Waals surface area contributed by atoms with E-state index in [1.807, 2.05) is 0 Å². The topological polar surface area (TPSA) is 134 Å². The van der Waals surface area contributed by atoms with Crippen molar-refractivity contribution in [2.75, 3.05) is 10.0 Å². The summed E-state index contributed by atoms with van der Waals surface area (Å²) in [5.41, 5.74) is 0.321. The number of aromatic amines is 1. The van der Waals surface area contributed by atoms with Crippen molar-refractivity contribution in [3.05, 3.63) is 82.9 Å². The lowest BCUT2D eigenvalue weighted by Gasteiger charge is -2.13. The molecule has 2 heterocycles. The molecule has 2 aromatic carbocycles. The predicted octanol–water partition coefficient (Wildman–Crippen LogP) is 2.71. The fourth-order valence-electron chi connectivity index (χ4n) is 2.69. The smallest absolute Gasteiger partial charge is 0.408 e. The number of H-pyrrole nitrogens is 1. The second-order valence-electron chi connectivity index (χ2n) is 6.14. The summed E-state index contributed by atoms with van der Waals surface area (Å²) in [5, 5.41) is 2.50. The van der Waals surface area contributed by atoms with Gasteiger partial charge in [-0.15, -0.1) is 0 Å². The Labute approximate surface area is 168 Å². The van der Waals surface area contributed by atoms with Gasteiger partial charge < -0.3 is 9.73 Å². The molecule has 4 aromatic rings. The van der Waals surface area contributed by atoms with Crippen LogP contribution in [0, 0.1) is 5.82 Å². The molecule has 2 aromatic heterocycles. The second kappa shape index (κ2) is 7.44. The van der Waals surface area contributed by atoms with E-state index in [2.05, 4.69) is 20.0 Å². The zero-order chi connectivity index (χ0) is 21.3. The van der Waals surface area contributed by atoms with Gasteiger partial charge >= 0.3 is 5.76 Å². The third kappa shape index (κ3) is 3.91. The number of benzene rings is 2. The summed E-state index contributed by atoms with van der Waals surface area (Å²) >= 11 is 0. The summed E-state index contributed by atoms with van der Waals surface area (Å²) < 4.78 is 46.5. The molecule has 152 valence electrons. The van der Waals surface area contributed by atoms with Gasteiger partial charge in [0.25, 0.3) is 15.9 Å². The first kappa shape index (κ1) is 19.3. The van der Waals surface area contributed by atoms with Crippen molar-refractivity contribution in [2.24, 2.45) is 0 Å². The molecular weight excluding hydrogens is 415 g/mol. The van der Waals surface area contributed by atoms with Crippen LogP contribution in [-0.2, 0) is 10.0 Å². The van der Waals surface area contributed by atoms with Crippen LogP contribution in [0.4, 0.5) is 15.8 Å². The third-order valence-electron chi connectivity index (χ3n) is 4.07. The van der Waals surface area contributed by atoms with Gasteiger partial charge in [-0.2, -0.15) is 0 Å². The van der Waals surface area contributed by atoms with E-state index in [0.717, 1.165) is 18.2 Å². The first-order chi connectivity index (χ1) is 14.3. The van der Waals surface area contributed by atoms with Crippen LogP contribution in [0.1, 0.15) is 10.5 Å². The average Bonchev–Trinajstić information content (AvgIpc) is 3.09. The maximum absolute atomic E-state index is 13.8. The first-order valence-electron chi connectivity index (χ1n) is 8.49. The molecule has 0 saturated heterocycles. The van der Waals surface area contributed by atoms with E-state index in [-0.39, 0.29) is 27.5 Å². The summed E-state index contributed by atoms with van der Waals surface area (Å²) in [6.07, 6.45) is 1.43. The van der Waals surface area contributed by atoms with Crippen LogP contribution in [0.25, 0.3) is 11.1 Å². The average molecular weight is 428 g/mol. The number of oxazole rings is 1. The SMILES string of the molecule is O=C(Nc1ccc(F)cc1NS(=O)(=O)c1ccc2[nH]c(=O)oc2c1)c1ccccn1. The number of pyridine rings is 1. The molecule has 0 aliphatic heterocycles. The summed E-state index contributed by atoms with van der Waals surface area (Å²) in [4.78, 5) is 29.7. The Morgan fingerprint density at radius 2 is 1.90 bits per heavy atom. The van der Waals surface area contributed by atoms with Crippen molar-refractivity contribution in [2.45, 2.75) is 4.90 Å². The van der Waals surface area contributed by atoms with Crippen molar-refractivity contribution in [3.8, 4) is 0 Å². The first-order valence-corrected chi connectivity index (χ1v) is 9.98. The molecule has 1 amide bonds. The van der Waals surface area contributed by atoms with Crippen molar-refractivity contribution in [1.29, 1.82) is 0 Å². The summed E-state index contributed by atoms with van der Waals surface area (Å²) in [5.74, 6) is -2.04. The van der Waals surface area contributed by atoms with Crippen LogP contribution < -0.4 is 15.8 Å². The molecule has 0 spiro atoms. The molecule has 0 saturated carbocycles. The van der Waals surface area contributed by atoms with Crippen molar-refractivity contribution in [3.63, 3.8) is 0 Å². The number of amides is 1. The number of carbonyl (C=O) groups excluding carboxylic acids is 1. The van der Waals surface area contributed by atoms with E-state index in [9.17, 15) is 22.4 Å². The van der Waals surface area contributed by atoms with Crippen molar-refractivity contribution < 1.29 is 22.0 Å². The minimum Gasteiger partial charge on any atom is -0.408 e. The van der Waals surface area contributed by atoms with Crippen LogP contribution in [0.5, 0.6) is 0 Å². The fraction of sp³-hybridized carbons (Fsp3) is 0. The van der Waals surface area contributed by atoms with E-state index < -0.39 is 27.5 Å². The number of halogens is 1. The van der Waals surface area contributed by atoms with E-state index in [4.69, 9.17) is 4.42 Å². The fourth-order valence-corrected chi connectivity index (χ4v) is 3.78. The molecule has 0 aliphatic rings. The van der Waals surface area contributed by atoms with E-state index in [1.54, 1.807) is 12.1 Å². The Balaban J connectivity index is 1.66. The molecular formula is C19H13FN4O5S. The van der Waals surface area contributed by atoms with Gasteiger partial charge in [0.2, 0.25) is 0 Å². The molecule has 0 aliphatic carbocycles. The monoisotopic (exact) mass is 428 g/mol. The second-order valence-corrected chi connectivity index (χ2v) is 7.82. The van der Waals surface area contributed by atoms with Gasteiger partial charge in [0.15, 0.2) is 5.58 Å². The third-order valence-corrected chi connectivity index (χ3v) is 5.44. The highest BCUT2D eigenvalue weighted by molar-refractivity contribution is 7.92. The molecule has 0 fully saturated rings. The maximum atomic E-state index is 13.8. The quantitative estimate of drug-likeness (QED) is 0.447.